The highest BCUT2D eigenvalue weighted by atomic mass is 35.5. The fourth-order valence-electron chi connectivity index (χ4n) is 3.53. The molecule has 166 valence electrons. The van der Waals surface area contributed by atoms with Crippen molar-refractivity contribution in [2.45, 2.75) is 6.42 Å². The van der Waals surface area contributed by atoms with Crippen LogP contribution in [0.5, 0.6) is 5.75 Å². The molecule has 9 heteroatoms. The Hall–Kier alpha value is -1.90. The topological polar surface area (TPSA) is 54.9 Å². The Bertz CT molecular complexity index is 991. The number of amides is 1. The quantitative estimate of drug-likeness (QED) is 0.487. The van der Waals surface area contributed by atoms with E-state index in [-0.39, 0.29) is 18.3 Å². The highest BCUT2D eigenvalue weighted by Gasteiger charge is 2.24. The number of methoxy groups -OCH3 is 1. The number of ether oxygens (including phenoxy) is 2. The van der Waals surface area contributed by atoms with Crippen molar-refractivity contribution in [3.63, 3.8) is 0 Å². The molecular weight excluding hydrogens is 457 g/mol. The number of hydrogen-bond acceptors (Lipinski definition) is 6. The Morgan fingerprint density at radius 2 is 2.03 bits per heavy atom. The van der Waals surface area contributed by atoms with Gasteiger partial charge in [0.05, 0.1) is 36.1 Å². The van der Waals surface area contributed by atoms with Crippen LogP contribution in [0.1, 0.15) is 16.8 Å². The van der Waals surface area contributed by atoms with Gasteiger partial charge in [-0.2, -0.15) is 0 Å². The summed E-state index contributed by atoms with van der Waals surface area (Å²) in [5.41, 5.74) is 1.33. The van der Waals surface area contributed by atoms with Gasteiger partial charge in [-0.05, 0) is 36.8 Å². The summed E-state index contributed by atoms with van der Waals surface area (Å²) in [4.78, 5) is 22.4. The summed E-state index contributed by atoms with van der Waals surface area (Å²) in [5, 5.41) is 1.18. The molecule has 0 unspecified atom stereocenters. The Labute approximate surface area is 197 Å². The van der Waals surface area contributed by atoms with Crippen molar-refractivity contribution in [2.24, 2.45) is 0 Å². The number of morpholine rings is 1. The zero-order valence-electron chi connectivity index (χ0n) is 17.3. The molecule has 1 fully saturated rings. The molecule has 0 radical (unpaired) electrons. The van der Waals surface area contributed by atoms with Crippen LogP contribution in [-0.2, 0) is 4.74 Å². The fourth-order valence-corrected chi connectivity index (χ4v) is 4.69. The van der Waals surface area contributed by atoms with Crippen LogP contribution in [0.2, 0.25) is 5.02 Å². The Morgan fingerprint density at radius 1 is 1.26 bits per heavy atom. The number of fused-ring (bicyclic) bond motifs is 1. The van der Waals surface area contributed by atoms with Gasteiger partial charge in [-0.25, -0.2) is 4.98 Å². The fraction of sp³-hybridized carbons (Fsp3) is 0.364. The maximum absolute atomic E-state index is 13.6. The molecule has 0 spiro atoms. The van der Waals surface area contributed by atoms with E-state index in [1.54, 1.807) is 30.2 Å². The zero-order valence-corrected chi connectivity index (χ0v) is 19.6. The molecule has 1 amide bonds. The lowest BCUT2D eigenvalue weighted by Crippen LogP contribution is -2.39. The number of aromatic nitrogens is 1. The van der Waals surface area contributed by atoms with Crippen LogP contribution in [0.4, 0.5) is 5.13 Å². The first kappa shape index (κ1) is 23.8. The Kier molecular flexibility index (Phi) is 8.51. The third-order valence-corrected chi connectivity index (χ3v) is 6.40. The highest BCUT2D eigenvalue weighted by Crippen LogP contribution is 2.32. The molecule has 2 heterocycles. The molecule has 2 aromatic carbocycles. The first-order valence-corrected chi connectivity index (χ1v) is 11.2. The molecule has 6 nitrogen and oxygen atoms in total. The number of thiazole rings is 1. The number of halogens is 2. The zero-order chi connectivity index (χ0) is 20.9. The van der Waals surface area contributed by atoms with Crippen molar-refractivity contribution in [1.82, 2.24) is 9.88 Å². The van der Waals surface area contributed by atoms with E-state index < -0.39 is 0 Å². The summed E-state index contributed by atoms with van der Waals surface area (Å²) in [5.74, 6) is 0.346. The van der Waals surface area contributed by atoms with Crippen LogP contribution < -0.4 is 9.64 Å². The first-order valence-electron chi connectivity index (χ1n) is 9.97. The summed E-state index contributed by atoms with van der Waals surface area (Å²) < 4.78 is 11.9. The van der Waals surface area contributed by atoms with Gasteiger partial charge < -0.3 is 9.47 Å². The number of para-hydroxylation sites is 1. The van der Waals surface area contributed by atoms with Crippen molar-refractivity contribution in [2.75, 3.05) is 51.4 Å². The number of rotatable bonds is 7. The van der Waals surface area contributed by atoms with E-state index in [9.17, 15) is 4.79 Å². The average Bonchev–Trinajstić information content (AvgIpc) is 3.21. The minimum absolute atomic E-state index is 0. The Morgan fingerprint density at radius 3 is 2.77 bits per heavy atom. The largest absolute Gasteiger partial charge is 0.496 e. The number of anilines is 1. The van der Waals surface area contributed by atoms with Gasteiger partial charge in [0.2, 0.25) is 0 Å². The number of carbonyl (C=O) groups is 1. The Balaban J connectivity index is 0.00000272. The third kappa shape index (κ3) is 5.67. The summed E-state index contributed by atoms with van der Waals surface area (Å²) >= 11 is 7.70. The van der Waals surface area contributed by atoms with Crippen LogP contribution in [0.25, 0.3) is 10.2 Å². The molecule has 31 heavy (non-hydrogen) atoms. The van der Waals surface area contributed by atoms with Crippen LogP contribution in [-0.4, -0.2) is 62.3 Å². The minimum Gasteiger partial charge on any atom is -0.496 e. The molecule has 0 aliphatic carbocycles. The molecule has 1 aliphatic rings. The lowest BCUT2D eigenvalue weighted by molar-refractivity contribution is 0.0376. The van der Waals surface area contributed by atoms with Gasteiger partial charge in [0.1, 0.15) is 5.75 Å². The van der Waals surface area contributed by atoms with Crippen molar-refractivity contribution in [1.29, 1.82) is 0 Å². The second-order valence-corrected chi connectivity index (χ2v) is 8.52. The van der Waals surface area contributed by atoms with Gasteiger partial charge in [0, 0.05) is 31.2 Å². The monoisotopic (exact) mass is 481 g/mol. The SMILES string of the molecule is COc1ccc(Cl)cc1C(=O)N(CCCN1CCOCC1)c1nc2ccccc2s1.Cl. The van der Waals surface area contributed by atoms with E-state index in [2.05, 4.69) is 4.90 Å². The molecule has 0 atom stereocenters. The van der Waals surface area contributed by atoms with Crippen LogP contribution in [0.15, 0.2) is 42.5 Å². The van der Waals surface area contributed by atoms with E-state index in [1.807, 2.05) is 24.3 Å². The van der Waals surface area contributed by atoms with E-state index >= 15 is 0 Å². The van der Waals surface area contributed by atoms with Gasteiger partial charge in [-0.3, -0.25) is 14.6 Å². The normalized spacial score (nSPS) is 14.3. The maximum atomic E-state index is 13.6. The molecule has 0 bridgehead atoms. The predicted octanol–water partition coefficient (Wildman–Crippen LogP) is 4.75. The van der Waals surface area contributed by atoms with Crippen molar-refractivity contribution in [3.8, 4) is 5.75 Å². The number of benzene rings is 2. The molecule has 4 rings (SSSR count). The van der Waals surface area contributed by atoms with Crippen molar-refractivity contribution in [3.05, 3.63) is 53.1 Å². The highest BCUT2D eigenvalue weighted by molar-refractivity contribution is 7.22. The van der Waals surface area contributed by atoms with Gasteiger partial charge in [0.25, 0.3) is 5.91 Å². The van der Waals surface area contributed by atoms with Crippen molar-refractivity contribution >= 4 is 56.6 Å². The average molecular weight is 482 g/mol. The molecule has 3 aromatic rings. The molecule has 1 saturated heterocycles. The van der Waals surface area contributed by atoms with Crippen LogP contribution in [0, 0.1) is 0 Å². The molecule has 0 saturated carbocycles. The summed E-state index contributed by atoms with van der Waals surface area (Å²) in [7, 11) is 1.56. The number of hydrogen-bond donors (Lipinski definition) is 0. The second-order valence-electron chi connectivity index (χ2n) is 7.07. The number of carbonyl (C=O) groups excluding carboxylic acids is 1. The van der Waals surface area contributed by atoms with Gasteiger partial charge in [-0.15, -0.1) is 12.4 Å². The van der Waals surface area contributed by atoms with E-state index in [4.69, 9.17) is 26.1 Å². The smallest absolute Gasteiger partial charge is 0.263 e. The first-order chi connectivity index (χ1) is 14.7. The minimum atomic E-state index is -0.157. The third-order valence-electron chi connectivity index (χ3n) is 5.11. The number of nitrogens with zero attached hydrogens (tertiary/aromatic N) is 3. The van der Waals surface area contributed by atoms with Crippen LogP contribution >= 0.6 is 35.3 Å². The molecule has 0 N–H and O–H groups in total. The van der Waals surface area contributed by atoms with Crippen molar-refractivity contribution < 1.29 is 14.3 Å². The standard InChI is InChI=1S/C22H24ClN3O3S.ClH/c1-28-19-8-7-16(23)15-17(19)21(27)26(10-4-9-25-11-13-29-14-12-25)22-24-18-5-2-3-6-20(18)30-22;/h2-3,5-8,15H,4,9-14H2,1H3;1H. The summed E-state index contributed by atoms with van der Waals surface area (Å²) in [6.07, 6.45) is 0.838. The van der Waals surface area contributed by atoms with E-state index in [0.29, 0.717) is 28.0 Å². The van der Waals surface area contributed by atoms with Crippen LogP contribution in [0.3, 0.4) is 0 Å². The second kappa shape index (κ2) is 11.1. The van der Waals surface area contributed by atoms with Gasteiger partial charge in [-0.1, -0.05) is 35.1 Å². The summed E-state index contributed by atoms with van der Waals surface area (Å²) in [6, 6.07) is 13.0. The maximum Gasteiger partial charge on any atom is 0.263 e. The lowest BCUT2D eigenvalue weighted by Gasteiger charge is -2.28. The van der Waals surface area contributed by atoms with E-state index in [0.717, 1.165) is 49.5 Å². The van der Waals surface area contributed by atoms with E-state index in [1.165, 1.54) is 11.3 Å². The van der Waals surface area contributed by atoms with Gasteiger partial charge in [0.15, 0.2) is 5.13 Å². The molecular formula is C22H25Cl2N3O3S. The lowest BCUT2D eigenvalue weighted by atomic mass is 10.1. The predicted molar refractivity (Wildman–Crippen MR) is 128 cm³/mol. The summed E-state index contributed by atoms with van der Waals surface area (Å²) in [6.45, 7) is 4.85. The molecule has 1 aromatic heterocycles. The van der Waals surface area contributed by atoms with Gasteiger partial charge >= 0.3 is 0 Å². The molecule has 1 aliphatic heterocycles.